The number of aromatic amines is 2. The Balaban J connectivity index is 1.88. The maximum Gasteiger partial charge on any atom is 0.257 e. The molecular weight excluding hydrogens is 371 g/mol. The summed E-state index contributed by atoms with van der Waals surface area (Å²) in [6.07, 6.45) is 3.06. The third-order valence-corrected chi connectivity index (χ3v) is 4.21. The molecule has 4 rings (SSSR count). The number of halogens is 2. The predicted octanol–water partition coefficient (Wildman–Crippen LogP) is 3.72. The summed E-state index contributed by atoms with van der Waals surface area (Å²) in [4.78, 5) is 26.0. The van der Waals surface area contributed by atoms with Crippen molar-refractivity contribution in [3.05, 3.63) is 69.7 Å². The van der Waals surface area contributed by atoms with Crippen LogP contribution in [0.2, 0.25) is 5.02 Å². The smallest absolute Gasteiger partial charge is 0.257 e. The van der Waals surface area contributed by atoms with Crippen molar-refractivity contribution >= 4 is 34.1 Å². The van der Waals surface area contributed by atoms with Crippen LogP contribution in [0.4, 0.5) is 15.9 Å². The van der Waals surface area contributed by atoms with Crippen LogP contribution in [0.3, 0.4) is 0 Å². The lowest BCUT2D eigenvalue weighted by Gasteiger charge is -2.11. The van der Waals surface area contributed by atoms with Crippen molar-refractivity contribution in [3.8, 4) is 17.2 Å². The minimum absolute atomic E-state index is 0.00603. The summed E-state index contributed by atoms with van der Waals surface area (Å²) >= 11 is 5.93. The number of hydrogen-bond acceptors (Lipinski definition) is 5. The van der Waals surface area contributed by atoms with E-state index in [2.05, 4.69) is 25.3 Å². The van der Waals surface area contributed by atoms with Gasteiger partial charge in [-0.05, 0) is 30.3 Å². The molecule has 0 amide bonds. The third-order valence-electron chi connectivity index (χ3n) is 3.98. The lowest BCUT2D eigenvalue weighted by molar-refractivity contribution is 0.631. The van der Waals surface area contributed by atoms with Crippen LogP contribution in [-0.4, -0.2) is 19.9 Å². The second-order valence-corrected chi connectivity index (χ2v) is 6.06. The molecule has 0 spiro atoms. The minimum atomic E-state index is -0.604. The second kappa shape index (κ2) is 6.55. The van der Waals surface area contributed by atoms with Gasteiger partial charge in [-0.2, -0.15) is 5.26 Å². The monoisotopic (exact) mass is 380 g/mol. The quantitative estimate of drug-likeness (QED) is 0.501. The first-order chi connectivity index (χ1) is 13.1. The maximum absolute atomic E-state index is 14.2. The van der Waals surface area contributed by atoms with Crippen molar-refractivity contribution in [1.29, 1.82) is 5.26 Å². The van der Waals surface area contributed by atoms with Gasteiger partial charge in [-0.25, -0.2) is 14.4 Å². The summed E-state index contributed by atoms with van der Waals surface area (Å²) in [7, 11) is 0. The van der Waals surface area contributed by atoms with Crippen LogP contribution in [-0.2, 0) is 0 Å². The first-order valence-electron chi connectivity index (χ1n) is 7.75. The predicted molar refractivity (Wildman–Crippen MR) is 99.4 cm³/mol. The average Bonchev–Trinajstić information content (AvgIpc) is 3.15. The second-order valence-electron chi connectivity index (χ2n) is 5.62. The Morgan fingerprint density at radius 2 is 2.04 bits per heavy atom. The minimum Gasteiger partial charge on any atom is -0.346 e. The van der Waals surface area contributed by atoms with E-state index in [1.54, 1.807) is 12.3 Å². The number of benzene rings is 1. The standard InChI is InChI=1S/C18H10ClFN6O/c19-9-1-2-13(20)11(5-9)12-6-14(15(7-21)26-18(12)27)25-17-10-3-4-22-16(10)23-8-24-17/h1-6,8H,(H,26,27)(H2,22,23,24,25). The number of nitrogens with zero attached hydrogens (tertiary/aromatic N) is 3. The van der Waals surface area contributed by atoms with Crippen molar-refractivity contribution < 1.29 is 4.39 Å². The van der Waals surface area contributed by atoms with Crippen LogP contribution in [0.5, 0.6) is 0 Å². The van der Waals surface area contributed by atoms with Crippen LogP contribution in [0.1, 0.15) is 5.69 Å². The number of anilines is 2. The van der Waals surface area contributed by atoms with E-state index >= 15 is 0 Å². The molecule has 0 saturated heterocycles. The molecule has 0 bridgehead atoms. The molecule has 7 nitrogen and oxygen atoms in total. The van der Waals surface area contributed by atoms with Crippen molar-refractivity contribution in [2.24, 2.45) is 0 Å². The van der Waals surface area contributed by atoms with Gasteiger partial charge < -0.3 is 15.3 Å². The van der Waals surface area contributed by atoms with E-state index in [1.165, 1.54) is 30.6 Å². The van der Waals surface area contributed by atoms with Gasteiger partial charge in [0.2, 0.25) is 0 Å². The molecule has 3 aromatic heterocycles. The summed E-state index contributed by atoms with van der Waals surface area (Å²) in [5, 5.41) is 13.3. The average molecular weight is 381 g/mol. The molecule has 3 heterocycles. The van der Waals surface area contributed by atoms with Gasteiger partial charge in [0.15, 0.2) is 0 Å². The Bertz CT molecular complexity index is 1270. The van der Waals surface area contributed by atoms with Gasteiger partial charge in [0, 0.05) is 16.8 Å². The first kappa shape index (κ1) is 16.8. The molecule has 9 heteroatoms. The summed E-state index contributed by atoms with van der Waals surface area (Å²) in [5.74, 6) is -0.169. The Kier molecular flexibility index (Phi) is 4.06. The molecule has 0 saturated carbocycles. The molecule has 132 valence electrons. The van der Waals surface area contributed by atoms with Gasteiger partial charge in [0.25, 0.3) is 5.56 Å². The number of aromatic nitrogens is 4. The van der Waals surface area contributed by atoms with E-state index in [9.17, 15) is 14.4 Å². The largest absolute Gasteiger partial charge is 0.346 e. The van der Waals surface area contributed by atoms with Gasteiger partial charge in [-0.15, -0.1) is 0 Å². The highest BCUT2D eigenvalue weighted by Crippen LogP contribution is 2.28. The molecule has 0 aliphatic rings. The van der Waals surface area contributed by atoms with E-state index in [0.29, 0.717) is 16.9 Å². The van der Waals surface area contributed by atoms with Gasteiger partial charge in [-0.3, -0.25) is 4.79 Å². The summed E-state index contributed by atoms with van der Waals surface area (Å²) in [6.45, 7) is 0. The number of hydrogen-bond donors (Lipinski definition) is 3. The van der Waals surface area contributed by atoms with Crippen molar-refractivity contribution in [1.82, 2.24) is 19.9 Å². The highest BCUT2D eigenvalue weighted by Gasteiger charge is 2.15. The number of nitriles is 1. The molecule has 1 aromatic carbocycles. The van der Waals surface area contributed by atoms with Gasteiger partial charge in [-0.1, -0.05) is 11.6 Å². The summed E-state index contributed by atoms with van der Waals surface area (Å²) < 4.78 is 14.2. The van der Waals surface area contributed by atoms with Crippen LogP contribution in [0.15, 0.2) is 47.7 Å². The topological polar surface area (TPSA) is 110 Å². The molecule has 0 atom stereocenters. The fourth-order valence-electron chi connectivity index (χ4n) is 2.72. The van der Waals surface area contributed by atoms with Gasteiger partial charge >= 0.3 is 0 Å². The van der Waals surface area contributed by atoms with E-state index in [0.717, 1.165) is 0 Å². The van der Waals surface area contributed by atoms with Crippen molar-refractivity contribution in [2.45, 2.75) is 0 Å². The zero-order chi connectivity index (χ0) is 19.0. The van der Waals surface area contributed by atoms with E-state index in [4.69, 9.17) is 11.6 Å². The van der Waals surface area contributed by atoms with Gasteiger partial charge in [0.1, 0.15) is 35.4 Å². The Morgan fingerprint density at radius 3 is 2.85 bits per heavy atom. The molecule has 4 aromatic rings. The molecule has 0 aliphatic carbocycles. The molecule has 0 radical (unpaired) electrons. The Labute approximate surface area is 156 Å². The van der Waals surface area contributed by atoms with Crippen molar-refractivity contribution in [3.63, 3.8) is 0 Å². The zero-order valence-corrected chi connectivity index (χ0v) is 14.3. The fourth-order valence-corrected chi connectivity index (χ4v) is 2.89. The maximum atomic E-state index is 14.2. The van der Waals surface area contributed by atoms with Crippen LogP contribution < -0.4 is 10.9 Å². The zero-order valence-electron chi connectivity index (χ0n) is 13.5. The fraction of sp³-hybridized carbons (Fsp3) is 0. The number of fused-ring (bicyclic) bond motifs is 1. The molecular formula is C18H10ClFN6O. The van der Waals surface area contributed by atoms with Crippen LogP contribution >= 0.6 is 11.6 Å². The van der Waals surface area contributed by atoms with Crippen LogP contribution in [0.25, 0.3) is 22.2 Å². The molecule has 0 aliphatic heterocycles. The molecule has 0 unspecified atom stereocenters. The lowest BCUT2D eigenvalue weighted by Crippen LogP contribution is -2.13. The molecule has 3 N–H and O–H groups in total. The van der Waals surface area contributed by atoms with E-state index in [-0.39, 0.29) is 27.5 Å². The summed E-state index contributed by atoms with van der Waals surface area (Å²) in [6, 6.07) is 9.00. The van der Waals surface area contributed by atoms with Gasteiger partial charge in [0.05, 0.1) is 16.6 Å². The number of H-pyrrole nitrogens is 2. The highest BCUT2D eigenvalue weighted by molar-refractivity contribution is 6.30. The Morgan fingerprint density at radius 1 is 1.19 bits per heavy atom. The highest BCUT2D eigenvalue weighted by atomic mass is 35.5. The van der Waals surface area contributed by atoms with Crippen LogP contribution in [0, 0.1) is 17.1 Å². The third kappa shape index (κ3) is 3.01. The van der Waals surface area contributed by atoms with E-state index < -0.39 is 11.4 Å². The van der Waals surface area contributed by atoms with E-state index in [1.807, 2.05) is 6.07 Å². The summed E-state index contributed by atoms with van der Waals surface area (Å²) in [5.41, 5.74) is 0.340. The lowest BCUT2D eigenvalue weighted by atomic mass is 10.1. The number of pyridine rings is 1. The number of nitrogens with one attached hydrogen (secondary N) is 3. The normalized spacial score (nSPS) is 10.7. The molecule has 0 fully saturated rings. The van der Waals surface area contributed by atoms with Crippen molar-refractivity contribution in [2.75, 3.05) is 5.32 Å². The number of rotatable bonds is 3. The Hall–Kier alpha value is -3.70. The molecule has 27 heavy (non-hydrogen) atoms. The SMILES string of the molecule is N#Cc1[nH]c(=O)c(-c2cc(Cl)ccc2F)cc1Nc1ncnc2[nH]ccc12. The first-order valence-corrected chi connectivity index (χ1v) is 8.12.